The van der Waals surface area contributed by atoms with E-state index in [9.17, 15) is 13.2 Å². The van der Waals surface area contributed by atoms with Gasteiger partial charge in [0.15, 0.2) is 0 Å². The van der Waals surface area contributed by atoms with Crippen molar-refractivity contribution in [3.05, 3.63) is 52.7 Å². The van der Waals surface area contributed by atoms with E-state index in [-0.39, 0.29) is 5.56 Å². The van der Waals surface area contributed by atoms with Crippen molar-refractivity contribution in [2.45, 2.75) is 45.7 Å². The molecule has 1 aromatic carbocycles. The van der Waals surface area contributed by atoms with Crippen LogP contribution in [0.2, 0.25) is 0 Å². The van der Waals surface area contributed by atoms with Gasteiger partial charge in [0.05, 0.1) is 22.8 Å². The number of hydrogen-bond acceptors (Lipinski definition) is 6. The molecule has 176 valence electrons. The average Bonchev–Trinajstić information content (AvgIpc) is 3.25. The predicted molar refractivity (Wildman–Crippen MR) is 125 cm³/mol. The Hall–Kier alpha value is -2.94. The standard InChI is InChI=1S/C24H29F3N6/c1-13(17-7-6-8-18(21(17)25)23(26)27)29-24-19-11-20(33-10-9-16(12-33)32(4)5)28-14(2)22(19)30-15(3)31-24/h6-8,11,13,16,23H,9-10,12H2,1-5H3,(H,29,30,31)/t13-,16-/m1/s1. The van der Waals surface area contributed by atoms with E-state index in [4.69, 9.17) is 4.98 Å². The van der Waals surface area contributed by atoms with E-state index in [1.807, 2.05) is 13.0 Å². The van der Waals surface area contributed by atoms with E-state index in [2.05, 4.69) is 39.2 Å². The van der Waals surface area contributed by atoms with Crippen LogP contribution in [0.1, 0.15) is 48.5 Å². The maximum atomic E-state index is 14.7. The number of likely N-dealkylation sites (N-methyl/N-ethyl adjacent to an activating group) is 1. The van der Waals surface area contributed by atoms with E-state index in [1.54, 1.807) is 13.8 Å². The van der Waals surface area contributed by atoms with Crippen LogP contribution in [0, 0.1) is 19.7 Å². The summed E-state index contributed by atoms with van der Waals surface area (Å²) in [5, 5.41) is 4.00. The monoisotopic (exact) mass is 458 g/mol. The van der Waals surface area contributed by atoms with Gasteiger partial charge >= 0.3 is 0 Å². The molecule has 2 atom stereocenters. The summed E-state index contributed by atoms with van der Waals surface area (Å²) in [4.78, 5) is 18.4. The van der Waals surface area contributed by atoms with Gasteiger partial charge in [-0.2, -0.15) is 0 Å². The Kier molecular flexibility index (Phi) is 6.43. The number of fused-ring (bicyclic) bond motifs is 1. The van der Waals surface area contributed by atoms with Crippen molar-refractivity contribution < 1.29 is 13.2 Å². The van der Waals surface area contributed by atoms with E-state index in [0.29, 0.717) is 23.2 Å². The molecule has 1 N–H and O–H groups in total. The third-order valence-electron chi connectivity index (χ3n) is 6.29. The van der Waals surface area contributed by atoms with E-state index in [0.717, 1.165) is 42.5 Å². The fraction of sp³-hybridized carbons (Fsp3) is 0.458. The molecule has 0 unspecified atom stereocenters. The normalized spacial score (nSPS) is 17.4. The van der Waals surface area contributed by atoms with Gasteiger partial charge in [0, 0.05) is 30.1 Å². The topological polar surface area (TPSA) is 57.2 Å². The molecule has 3 aromatic rings. The van der Waals surface area contributed by atoms with Gasteiger partial charge in [-0.1, -0.05) is 18.2 Å². The molecule has 0 radical (unpaired) electrons. The Morgan fingerprint density at radius 1 is 1.12 bits per heavy atom. The second-order valence-electron chi connectivity index (χ2n) is 8.85. The van der Waals surface area contributed by atoms with Crippen molar-refractivity contribution in [2.75, 3.05) is 37.4 Å². The van der Waals surface area contributed by atoms with Crippen molar-refractivity contribution in [2.24, 2.45) is 0 Å². The predicted octanol–water partition coefficient (Wildman–Crippen LogP) is 5.03. The Morgan fingerprint density at radius 2 is 1.85 bits per heavy atom. The first-order valence-electron chi connectivity index (χ1n) is 11.1. The first-order valence-corrected chi connectivity index (χ1v) is 11.1. The number of pyridine rings is 1. The lowest BCUT2D eigenvalue weighted by Crippen LogP contribution is -2.31. The van der Waals surface area contributed by atoms with E-state index in [1.165, 1.54) is 12.1 Å². The Labute approximate surface area is 191 Å². The quantitative estimate of drug-likeness (QED) is 0.559. The lowest BCUT2D eigenvalue weighted by atomic mass is 10.0. The summed E-state index contributed by atoms with van der Waals surface area (Å²) in [5.74, 6) is 1.03. The van der Waals surface area contributed by atoms with Crippen LogP contribution in [0.15, 0.2) is 24.3 Å². The van der Waals surface area contributed by atoms with Crippen LogP contribution in [-0.2, 0) is 0 Å². The van der Waals surface area contributed by atoms with Crippen LogP contribution in [0.25, 0.3) is 10.9 Å². The summed E-state index contributed by atoms with van der Waals surface area (Å²) in [6.07, 6.45) is -1.82. The molecule has 1 aliphatic heterocycles. The molecule has 0 amide bonds. The number of alkyl halides is 2. The first-order chi connectivity index (χ1) is 15.7. The Balaban J connectivity index is 1.72. The van der Waals surface area contributed by atoms with Gasteiger partial charge in [-0.15, -0.1) is 0 Å². The lowest BCUT2D eigenvalue weighted by molar-refractivity contribution is 0.146. The third-order valence-corrected chi connectivity index (χ3v) is 6.29. The average molecular weight is 459 g/mol. The fourth-order valence-electron chi connectivity index (χ4n) is 4.38. The summed E-state index contributed by atoms with van der Waals surface area (Å²) < 4.78 is 41.1. The number of aromatic nitrogens is 3. The van der Waals surface area contributed by atoms with Crippen LogP contribution in [-0.4, -0.2) is 53.1 Å². The minimum atomic E-state index is -2.87. The summed E-state index contributed by atoms with van der Waals surface area (Å²) in [5.41, 5.74) is 1.06. The van der Waals surface area contributed by atoms with Crippen LogP contribution in [0.5, 0.6) is 0 Å². The second kappa shape index (κ2) is 9.13. The summed E-state index contributed by atoms with van der Waals surface area (Å²) >= 11 is 0. The zero-order chi connectivity index (χ0) is 23.9. The highest BCUT2D eigenvalue weighted by Crippen LogP contribution is 2.32. The number of aryl methyl sites for hydroxylation is 2. The number of hydrogen-bond donors (Lipinski definition) is 1. The van der Waals surface area contributed by atoms with Crippen molar-refractivity contribution in [3.8, 4) is 0 Å². The number of benzene rings is 1. The molecule has 0 aliphatic carbocycles. The number of rotatable bonds is 6. The van der Waals surface area contributed by atoms with E-state index < -0.39 is 23.8 Å². The molecule has 1 fully saturated rings. The maximum absolute atomic E-state index is 14.7. The van der Waals surface area contributed by atoms with Gasteiger partial charge in [0.25, 0.3) is 6.43 Å². The van der Waals surface area contributed by atoms with Gasteiger partial charge < -0.3 is 15.1 Å². The molecule has 33 heavy (non-hydrogen) atoms. The van der Waals surface area contributed by atoms with Crippen molar-refractivity contribution >= 4 is 22.5 Å². The van der Waals surface area contributed by atoms with Gasteiger partial charge in [-0.3, -0.25) is 0 Å². The molecule has 0 bridgehead atoms. The molecular weight excluding hydrogens is 429 g/mol. The highest BCUT2D eigenvalue weighted by atomic mass is 19.3. The first kappa shape index (κ1) is 23.2. The Bertz CT molecular complexity index is 1170. The molecule has 1 aliphatic rings. The van der Waals surface area contributed by atoms with Crippen LogP contribution < -0.4 is 10.2 Å². The van der Waals surface area contributed by atoms with Crippen LogP contribution in [0.4, 0.5) is 24.8 Å². The maximum Gasteiger partial charge on any atom is 0.266 e. The van der Waals surface area contributed by atoms with Crippen molar-refractivity contribution in [1.82, 2.24) is 19.9 Å². The van der Waals surface area contributed by atoms with Crippen molar-refractivity contribution in [1.29, 1.82) is 0 Å². The van der Waals surface area contributed by atoms with E-state index >= 15 is 0 Å². The Morgan fingerprint density at radius 3 is 2.52 bits per heavy atom. The molecule has 2 aromatic heterocycles. The molecule has 1 saturated heterocycles. The highest BCUT2D eigenvalue weighted by molar-refractivity contribution is 5.92. The summed E-state index contributed by atoms with van der Waals surface area (Å²) in [7, 11) is 4.16. The van der Waals surface area contributed by atoms with Gasteiger partial charge in [0.1, 0.15) is 23.3 Å². The van der Waals surface area contributed by atoms with Crippen LogP contribution in [0.3, 0.4) is 0 Å². The van der Waals surface area contributed by atoms with Gasteiger partial charge in [-0.25, -0.2) is 28.1 Å². The molecule has 0 saturated carbocycles. The zero-order valence-corrected chi connectivity index (χ0v) is 19.5. The lowest BCUT2D eigenvalue weighted by Gasteiger charge is -2.23. The van der Waals surface area contributed by atoms with Gasteiger partial charge in [0.2, 0.25) is 0 Å². The SMILES string of the molecule is Cc1nc(N[C@H](C)c2cccc(C(F)F)c2F)c2cc(N3CC[C@@H](N(C)C)C3)nc(C)c2n1. The number of nitrogens with zero attached hydrogens (tertiary/aromatic N) is 5. The highest BCUT2D eigenvalue weighted by Gasteiger charge is 2.26. The molecule has 9 heteroatoms. The molecule has 0 spiro atoms. The second-order valence-corrected chi connectivity index (χ2v) is 8.85. The molecule has 3 heterocycles. The molecule has 4 rings (SSSR count). The minimum absolute atomic E-state index is 0.164. The number of halogens is 3. The van der Waals surface area contributed by atoms with Gasteiger partial charge in [-0.05, 0) is 47.4 Å². The minimum Gasteiger partial charge on any atom is -0.363 e. The zero-order valence-electron chi connectivity index (χ0n) is 19.5. The summed E-state index contributed by atoms with van der Waals surface area (Å²) in [6, 6.07) is 5.91. The molecule has 6 nitrogen and oxygen atoms in total. The van der Waals surface area contributed by atoms with Crippen molar-refractivity contribution in [3.63, 3.8) is 0 Å². The number of nitrogens with one attached hydrogen (secondary N) is 1. The smallest absolute Gasteiger partial charge is 0.266 e. The fourth-order valence-corrected chi connectivity index (χ4v) is 4.38. The van der Waals surface area contributed by atoms with Crippen LogP contribution >= 0.6 is 0 Å². The number of anilines is 2. The molecular formula is C24H29F3N6. The third kappa shape index (κ3) is 4.59. The summed E-state index contributed by atoms with van der Waals surface area (Å²) in [6.45, 7) is 7.20. The largest absolute Gasteiger partial charge is 0.363 e.